The minimum absolute atomic E-state index is 0.000899. The molecule has 2 fully saturated rings. The second-order valence-electron chi connectivity index (χ2n) is 10.1. The number of carbonyl (C=O) groups excluding carboxylic acids is 1. The van der Waals surface area contributed by atoms with E-state index in [0.717, 1.165) is 24.4 Å². The van der Waals surface area contributed by atoms with Crippen LogP contribution >= 0.6 is 0 Å². The molecule has 0 radical (unpaired) electrons. The molecule has 0 aromatic carbocycles. The highest BCUT2D eigenvalue weighted by molar-refractivity contribution is 5.94. The Balaban J connectivity index is 1.38. The lowest BCUT2D eigenvalue weighted by molar-refractivity contribution is -0.156. The van der Waals surface area contributed by atoms with E-state index < -0.39 is 24.4 Å². The van der Waals surface area contributed by atoms with Crippen molar-refractivity contribution in [2.24, 2.45) is 0 Å². The van der Waals surface area contributed by atoms with Crippen LogP contribution in [-0.2, 0) is 21.5 Å². The molecule has 3 aliphatic rings. The zero-order valence-electron chi connectivity index (χ0n) is 20.2. The fraction of sp³-hybridized carbons (Fsp3) is 0.667. The number of carbonyl (C=O) groups is 1. The molecule has 196 valence electrons. The zero-order valence-corrected chi connectivity index (χ0v) is 20.2. The van der Waals surface area contributed by atoms with E-state index in [9.17, 15) is 23.1 Å². The van der Waals surface area contributed by atoms with E-state index in [-0.39, 0.29) is 35.1 Å². The van der Waals surface area contributed by atoms with Gasteiger partial charge in [0.2, 0.25) is 5.91 Å². The van der Waals surface area contributed by atoms with Crippen LogP contribution in [0.3, 0.4) is 0 Å². The van der Waals surface area contributed by atoms with Crippen LogP contribution in [0.5, 0.6) is 0 Å². The number of hydrogen-bond donors (Lipinski definition) is 2. The summed E-state index contributed by atoms with van der Waals surface area (Å²) in [4.78, 5) is 26.9. The van der Waals surface area contributed by atoms with Crippen molar-refractivity contribution in [2.45, 2.75) is 69.0 Å². The van der Waals surface area contributed by atoms with Gasteiger partial charge in [-0.05, 0) is 25.7 Å². The molecule has 1 amide bonds. The molecule has 0 saturated carbocycles. The molecule has 2 saturated heterocycles. The van der Waals surface area contributed by atoms with Gasteiger partial charge in [0.1, 0.15) is 23.8 Å². The van der Waals surface area contributed by atoms with Gasteiger partial charge in [-0.15, -0.1) is 0 Å². The van der Waals surface area contributed by atoms with E-state index in [1.807, 2.05) is 15.7 Å². The molecule has 2 N–H and O–H groups in total. The van der Waals surface area contributed by atoms with Crippen LogP contribution in [0.4, 0.5) is 24.8 Å². The minimum Gasteiger partial charge on any atom is -0.395 e. The van der Waals surface area contributed by atoms with E-state index in [0.29, 0.717) is 45.7 Å². The first kappa shape index (κ1) is 24.9. The lowest BCUT2D eigenvalue weighted by atomic mass is 9.80. The van der Waals surface area contributed by atoms with Gasteiger partial charge in [-0.2, -0.15) is 13.2 Å². The maximum Gasteiger partial charge on any atom is 0.396 e. The van der Waals surface area contributed by atoms with Gasteiger partial charge in [-0.1, -0.05) is 6.92 Å². The number of amides is 1. The molecule has 0 bridgehead atoms. The Morgan fingerprint density at radius 1 is 1.22 bits per heavy atom. The first-order valence-electron chi connectivity index (χ1n) is 12.4. The van der Waals surface area contributed by atoms with E-state index in [1.165, 1.54) is 6.33 Å². The van der Waals surface area contributed by atoms with Crippen molar-refractivity contribution in [3.63, 3.8) is 0 Å². The van der Waals surface area contributed by atoms with Gasteiger partial charge in [0.05, 0.1) is 23.8 Å². The van der Waals surface area contributed by atoms with Crippen molar-refractivity contribution in [3.8, 4) is 0 Å². The fourth-order valence-electron chi connectivity index (χ4n) is 5.57. The van der Waals surface area contributed by atoms with Crippen molar-refractivity contribution in [1.29, 1.82) is 0 Å². The van der Waals surface area contributed by atoms with Crippen molar-refractivity contribution in [2.75, 3.05) is 43.1 Å². The third kappa shape index (κ3) is 4.68. The molecule has 3 aliphatic heterocycles. The number of aliphatic hydroxyl groups is 1. The second-order valence-corrected chi connectivity index (χ2v) is 10.1. The van der Waals surface area contributed by atoms with Crippen LogP contribution in [0.15, 0.2) is 12.5 Å². The van der Waals surface area contributed by atoms with Crippen LogP contribution in [0.2, 0.25) is 0 Å². The Morgan fingerprint density at radius 3 is 2.61 bits per heavy atom. The molecule has 5 heterocycles. The van der Waals surface area contributed by atoms with E-state index in [4.69, 9.17) is 9.72 Å². The zero-order chi connectivity index (χ0) is 25.5. The van der Waals surface area contributed by atoms with Gasteiger partial charge < -0.3 is 24.6 Å². The smallest absolute Gasteiger partial charge is 0.395 e. The number of alkyl halides is 3. The third-order valence-corrected chi connectivity index (χ3v) is 7.78. The Bertz CT molecular complexity index is 1110. The maximum absolute atomic E-state index is 13.8. The molecule has 1 unspecified atom stereocenters. The van der Waals surface area contributed by atoms with Crippen molar-refractivity contribution < 1.29 is 27.8 Å². The quantitative estimate of drug-likeness (QED) is 0.640. The average Bonchev–Trinajstić information content (AvgIpc) is 3.28. The molecule has 1 atom stereocenters. The average molecular weight is 509 g/mol. The minimum atomic E-state index is -4.57. The highest BCUT2D eigenvalue weighted by atomic mass is 19.4. The number of fused-ring (bicyclic) bond motifs is 1. The molecule has 5 rings (SSSR count). The molecule has 36 heavy (non-hydrogen) atoms. The summed E-state index contributed by atoms with van der Waals surface area (Å²) < 4.78 is 49.1. The second kappa shape index (κ2) is 9.62. The van der Waals surface area contributed by atoms with Crippen LogP contribution in [-0.4, -0.2) is 69.6 Å². The Morgan fingerprint density at radius 2 is 1.94 bits per heavy atom. The van der Waals surface area contributed by atoms with Crippen LogP contribution in [0.1, 0.15) is 67.9 Å². The summed E-state index contributed by atoms with van der Waals surface area (Å²) in [6.07, 6.45) is 1.14. The summed E-state index contributed by atoms with van der Waals surface area (Å²) in [5, 5.41) is 12.1. The molecular formula is C24H31F3N6O3. The number of nitrogens with zero attached hydrogens (tertiary/aromatic N) is 5. The topological polar surface area (TPSA) is 105 Å². The van der Waals surface area contributed by atoms with Gasteiger partial charge in [0.15, 0.2) is 0 Å². The lowest BCUT2D eigenvalue weighted by Crippen LogP contribution is -2.38. The monoisotopic (exact) mass is 508 g/mol. The Hall–Kier alpha value is -2.73. The SMILES string of the molecule is CC1(c2cn(CCO)c(C3CCN(c4ncnc5c4C(C(F)(F)F)CC(=O)N5)CC3)n2)CCOCC1. The van der Waals surface area contributed by atoms with E-state index in [2.05, 4.69) is 22.2 Å². The molecule has 2 aromatic rings. The summed E-state index contributed by atoms with van der Waals surface area (Å²) in [5.41, 5.74) is 0.871. The standard InChI is InChI=1S/C24H31F3N6O3/c1-23(4-10-36-11-5-23)17-13-33(8-9-34)21(30-17)15-2-6-32(7-3-15)22-19-16(24(25,26)27)12-18(35)31-20(19)28-14-29-22/h13-16,34H,2-12H2,1H3,(H,28,29,31,35). The van der Waals surface area contributed by atoms with Gasteiger partial charge in [0, 0.05) is 56.8 Å². The van der Waals surface area contributed by atoms with E-state index >= 15 is 0 Å². The molecule has 2 aromatic heterocycles. The number of hydrogen-bond acceptors (Lipinski definition) is 7. The highest BCUT2D eigenvalue weighted by Crippen LogP contribution is 2.46. The van der Waals surface area contributed by atoms with Gasteiger partial charge >= 0.3 is 6.18 Å². The molecule has 9 nitrogen and oxygen atoms in total. The highest BCUT2D eigenvalue weighted by Gasteiger charge is 2.48. The number of rotatable bonds is 5. The molecular weight excluding hydrogens is 477 g/mol. The number of nitrogens with one attached hydrogen (secondary N) is 1. The predicted octanol–water partition coefficient (Wildman–Crippen LogP) is 3.11. The fourth-order valence-corrected chi connectivity index (χ4v) is 5.57. The maximum atomic E-state index is 13.8. The third-order valence-electron chi connectivity index (χ3n) is 7.78. The first-order chi connectivity index (χ1) is 17.2. The van der Waals surface area contributed by atoms with Gasteiger partial charge in [-0.3, -0.25) is 4.79 Å². The predicted molar refractivity (Wildman–Crippen MR) is 125 cm³/mol. The van der Waals surface area contributed by atoms with Gasteiger partial charge in [-0.25, -0.2) is 15.0 Å². The Labute approximate surface area is 207 Å². The first-order valence-corrected chi connectivity index (χ1v) is 12.4. The largest absolute Gasteiger partial charge is 0.396 e. The van der Waals surface area contributed by atoms with Crippen LogP contribution in [0.25, 0.3) is 0 Å². The van der Waals surface area contributed by atoms with E-state index in [1.54, 1.807) is 0 Å². The molecule has 12 heteroatoms. The summed E-state index contributed by atoms with van der Waals surface area (Å²) in [5.74, 6) is -1.43. The van der Waals surface area contributed by atoms with Crippen molar-refractivity contribution in [1.82, 2.24) is 19.5 Å². The number of aliphatic hydroxyl groups excluding tert-OH is 1. The number of aromatic nitrogens is 4. The number of anilines is 2. The van der Waals surface area contributed by atoms with Crippen molar-refractivity contribution in [3.05, 3.63) is 29.6 Å². The van der Waals surface area contributed by atoms with Crippen molar-refractivity contribution >= 4 is 17.5 Å². The Kier molecular flexibility index (Phi) is 6.67. The number of piperidine rings is 1. The van der Waals surface area contributed by atoms with Crippen LogP contribution < -0.4 is 10.2 Å². The summed E-state index contributed by atoms with van der Waals surface area (Å²) in [6.45, 7) is 5.03. The van der Waals surface area contributed by atoms with Gasteiger partial charge in [0.25, 0.3) is 0 Å². The van der Waals surface area contributed by atoms with Crippen LogP contribution in [0, 0.1) is 0 Å². The molecule has 0 aliphatic carbocycles. The summed E-state index contributed by atoms with van der Waals surface area (Å²) in [6, 6.07) is 0. The summed E-state index contributed by atoms with van der Waals surface area (Å²) in [7, 11) is 0. The normalized spacial score (nSPS) is 22.9. The summed E-state index contributed by atoms with van der Waals surface area (Å²) >= 11 is 0. The lowest BCUT2D eigenvalue weighted by Gasteiger charge is -2.36. The number of halogens is 3. The number of imidazole rings is 1. The number of ether oxygens (including phenoxy) is 1. The molecule has 0 spiro atoms.